The van der Waals surface area contributed by atoms with Crippen molar-refractivity contribution in [2.24, 2.45) is 7.05 Å². The molecule has 0 spiro atoms. The Bertz CT molecular complexity index is 346. The van der Waals surface area contributed by atoms with Gasteiger partial charge in [-0.3, -0.25) is 4.68 Å². The summed E-state index contributed by atoms with van der Waals surface area (Å²) >= 11 is 0. The zero-order chi connectivity index (χ0) is 15.3. The highest BCUT2D eigenvalue weighted by atomic mass is 15.2. The molecule has 1 aromatic heterocycles. The second-order valence-electron chi connectivity index (χ2n) is 6.25. The first-order valence-corrected chi connectivity index (χ1v) is 8.98. The van der Waals surface area contributed by atoms with E-state index in [1.807, 2.05) is 17.9 Å². The van der Waals surface area contributed by atoms with Gasteiger partial charge < -0.3 is 5.32 Å². The summed E-state index contributed by atoms with van der Waals surface area (Å²) in [4.78, 5) is 0. The van der Waals surface area contributed by atoms with Crippen LogP contribution < -0.4 is 5.32 Å². The molecule has 0 saturated heterocycles. The van der Waals surface area contributed by atoms with Gasteiger partial charge in [0.05, 0.1) is 5.69 Å². The van der Waals surface area contributed by atoms with E-state index in [1.165, 1.54) is 63.5 Å². The van der Waals surface area contributed by atoms with Gasteiger partial charge in [-0.2, -0.15) is 5.10 Å². The molecule has 1 heterocycles. The van der Waals surface area contributed by atoms with Gasteiger partial charge in [-0.25, -0.2) is 0 Å². The molecule has 0 aliphatic rings. The van der Waals surface area contributed by atoms with Crippen LogP contribution in [0.2, 0.25) is 0 Å². The maximum absolute atomic E-state index is 4.51. The molecule has 0 bridgehead atoms. The predicted octanol–water partition coefficient (Wildman–Crippen LogP) is 4.47. The fraction of sp³-hybridized carbons (Fsp3) is 0.833. The fourth-order valence-corrected chi connectivity index (χ4v) is 2.80. The Hall–Kier alpha value is -0.830. The number of rotatable bonds is 13. The highest BCUT2D eigenvalue weighted by Crippen LogP contribution is 2.12. The number of unbranched alkanes of at least 4 members (excludes halogenated alkanes) is 6. The van der Waals surface area contributed by atoms with E-state index in [4.69, 9.17) is 0 Å². The molecular weight excluding hydrogens is 258 g/mol. The average molecular weight is 293 g/mol. The van der Waals surface area contributed by atoms with Crippen molar-refractivity contribution in [3.63, 3.8) is 0 Å². The Balaban J connectivity index is 2.20. The predicted molar refractivity (Wildman–Crippen MR) is 91.6 cm³/mol. The van der Waals surface area contributed by atoms with E-state index >= 15 is 0 Å². The van der Waals surface area contributed by atoms with Crippen molar-refractivity contribution >= 4 is 0 Å². The highest BCUT2D eigenvalue weighted by molar-refractivity contribution is 5.01. The monoisotopic (exact) mass is 293 g/mol. The molecule has 1 rings (SSSR count). The lowest BCUT2D eigenvalue weighted by Gasteiger charge is -2.17. The van der Waals surface area contributed by atoms with Gasteiger partial charge in [0.2, 0.25) is 0 Å². The van der Waals surface area contributed by atoms with E-state index in [0.717, 1.165) is 13.0 Å². The van der Waals surface area contributed by atoms with Crippen molar-refractivity contribution in [2.45, 2.75) is 84.1 Å². The smallest absolute Gasteiger partial charge is 0.0639 e. The molecule has 1 atom stereocenters. The molecule has 1 unspecified atom stereocenters. The van der Waals surface area contributed by atoms with Crippen LogP contribution in [0.15, 0.2) is 12.3 Å². The second kappa shape index (κ2) is 11.8. The molecule has 0 radical (unpaired) electrons. The summed E-state index contributed by atoms with van der Waals surface area (Å²) in [5.41, 5.74) is 1.22. The summed E-state index contributed by atoms with van der Waals surface area (Å²) < 4.78 is 1.90. The van der Waals surface area contributed by atoms with Crippen LogP contribution in [0, 0.1) is 0 Å². The number of nitrogens with one attached hydrogen (secondary N) is 1. The van der Waals surface area contributed by atoms with Gasteiger partial charge in [-0.15, -0.1) is 0 Å². The fourth-order valence-electron chi connectivity index (χ4n) is 2.80. The topological polar surface area (TPSA) is 29.9 Å². The SMILES string of the molecule is CCCCCCCCCC(Cc1ccn(C)n1)NCCC. The first kappa shape index (κ1) is 18.2. The van der Waals surface area contributed by atoms with E-state index in [9.17, 15) is 0 Å². The van der Waals surface area contributed by atoms with Gasteiger partial charge in [0.15, 0.2) is 0 Å². The molecule has 0 fully saturated rings. The van der Waals surface area contributed by atoms with Crippen molar-refractivity contribution < 1.29 is 0 Å². The third-order valence-electron chi connectivity index (χ3n) is 4.06. The van der Waals surface area contributed by atoms with Gasteiger partial charge >= 0.3 is 0 Å². The lowest BCUT2D eigenvalue weighted by Crippen LogP contribution is -2.32. The molecule has 1 N–H and O–H groups in total. The Morgan fingerprint density at radius 2 is 1.76 bits per heavy atom. The van der Waals surface area contributed by atoms with Gasteiger partial charge in [0, 0.05) is 25.7 Å². The molecule has 21 heavy (non-hydrogen) atoms. The van der Waals surface area contributed by atoms with Crippen molar-refractivity contribution in [1.29, 1.82) is 0 Å². The Labute approximate surface area is 131 Å². The summed E-state index contributed by atoms with van der Waals surface area (Å²) in [5.74, 6) is 0. The third-order valence-corrected chi connectivity index (χ3v) is 4.06. The van der Waals surface area contributed by atoms with Crippen LogP contribution in [0.4, 0.5) is 0 Å². The van der Waals surface area contributed by atoms with Crippen LogP contribution in [-0.4, -0.2) is 22.4 Å². The van der Waals surface area contributed by atoms with Crippen LogP contribution in [-0.2, 0) is 13.5 Å². The van der Waals surface area contributed by atoms with E-state index < -0.39 is 0 Å². The summed E-state index contributed by atoms with van der Waals surface area (Å²) in [6.07, 6.45) is 15.3. The Kier molecular flexibility index (Phi) is 10.2. The van der Waals surface area contributed by atoms with Crippen molar-refractivity contribution in [2.75, 3.05) is 6.54 Å². The zero-order valence-electron chi connectivity index (χ0n) is 14.4. The quantitative estimate of drug-likeness (QED) is 0.544. The molecule has 0 amide bonds. The molecule has 3 heteroatoms. The van der Waals surface area contributed by atoms with Crippen LogP contribution >= 0.6 is 0 Å². The number of aryl methyl sites for hydroxylation is 1. The van der Waals surface area contributed by atoms with Crippen LogP contribution in [0.1, 0.15) is 77.3 Å². The van der Waals surface area contributed by atoms with Crippen molar-refractivity contribution in [3.05, 3.63) is 18.0 Å². The standard InChI is InChI=1S/C18H35N3/c1-4-6-7-8-9-10-11-12-17(19-14-5-2)16-18-13-15-21(3)20-18/h13,15,17,19H,4-12,14,16H2,1-3H3. The minimum Gasteiger partial charge on any atom is -0.314 e. The number of aromatic nitrogens is 2. The van der Waals surface area contributed by atoms with Gasteiger partial charge in [-0.05, 0) is 25.5 Å². The second-order valence-corrected chi connectivity index (χ2v) is 6.25. The molecule has 122 valence electrons. The molecule has 0 aliphatic heterocycles. The highest BCUT2D eigenvalue weighted by Gasteiger charge is 2.10. The van der Waals surface area contributed by atoms with E-state index in [1.54, 1.807) is 0 Å². The summed E-state index contributed by atoms with van der Waals surface area (Å²) in [6, 6.07) is 2.74. The van der Waals surface area contributed by atoms with Gasteiger partial charge in [0.25, 0.3) is 0 Å². The minimum absolute atomic E-state index is 0.593. The normalized spacial score (nSPS) is 12.7. The lowest BCUT2D eigenvalue weighted by molar-refractivity contribution is 0.445. The lowest BCUT2D eigenvalue weighted by atomic mass is 10.0. The summed E-state index contributed by atoms with van der Waals surface area (Å²) in [5, 5.41) is 8.20. The van der Waals surface area contributed by atoms with E-state index in [2.05, 4.69) is 30.3 Å². The average Bonchev–Trinajstić information content (AvgIpc) is 2.88. The molecular formula is C18H35N3. The summed E-state index contributed by atoms with van der Waals surface area (Å²) in [6.45, 7) is 5.63. The van der Waals surface area contributed by atoms with Gasteiger partial charge in [-0.1, -0.05) is 58.8 Å². The maximum Gasteiger partial charge on any atom is 0.0639 e. The zero-order valence-corrected chi connectivity index (χ0v) is 14.4. The first-order chi connectivity index (χ1) is 10.3. The number of hydrogen-bond acceptors (Lipinski definition) is 2. The molecule has 0 aromatic carbocycles. The Morgan fingerprint density at radius 1 is 1.05 bits per heavy atom. The molecule has 0 saturated carbocycles. The van der Waals surface area contributed by atoms with Crippen LogP contribution in [0.25, 0.3) is 0 Å². The Morgan fingerprint density at radius 3 is 2.38 bits per heavy atom. The first-order valence-electron chi connectivity index (χ1n) is 8.98. The number of hydrogen-bond donors (Lipinski definition) is 1. The largest absolute Gasteiger partial charge is 0.314 e. The summed E-state index contributed by atoms with van der Waals surface area (Å²) in [7, 11) is 1.99. The van der Waals surface area contributed by atoms with Crippen molar-refractivity contribution in [1.82, 2.24) is 15.1 Å². The van der Waals surface area contributed by atoms with Crippen molar-refractivity contribution in [3.8, 4) is 0 Å². The molecule has 1 aromatic rings. The van der Waals surface area contributed by atoms with E-state index in [-0.39, 0.29) is 0 Å². The molecule has 3 nitrogen and oxygen atoms in total. The minimum atomic E-state index is 0.593. The third kappa shape index (κ3) is 8.92. The van der Waals surface area contributed by atoms with E-state index in [0.29, 0.717) is 6.04 Å². The van der Waals surface area contributed by atoms with Crippen LogP contribution in [0.3, 0.4) is 0 Å². The maximum atomic E-state index is 4.51. The van der Waals surface area contributed by atoms with Crippen LogP contribution in [0.5, 0.6) is 0 Å². The van der Waals surface area contributed by atoms with Gasteiger partial charge in [0.1, 0.15) is 0 Å². The number of nitrogens with zero attached hydrogens (tertiary/aromatic N) is 2. The molecule has 0 aliphatic carbocycles.